The summed E-state index contributed by atoms with van der Waals surface area (Å²) >= 11 is 0. The number of alkyl halides is 1. The van der Waals surface area contributed by atoms with Crippen LogP contribution in [0.5, 0.6) is 0 Å². The molecule has 1 aromatic carbocycles. The van der Waals surface area contributed by atoms with Gasteiger partial charge in [0.1, 0.15) is 0 Å². The van der Waals surface area contributed by atoms with E-state index in [0.717, 1.165) is 5.56 Å². The van der Waals surface area contributed by atoms with Gasteiger partial charge in [-0.05, 0) is 12.0 Å². The van der Waals surface area contributed by atoms with Gasteiger partial charge in [0.05, 0.1) is 5.92 Å². The number of halogens is 1. The Kier molecular flexibility index (Phi) is 2.71. The van der Waals surface area contributed by atoms with Crippen LogP contribution < -0.4 is 0 Å². The molecule has 1 heterocycles. The van der Waals surface area contributed by atoms with Crippen LogP contribution in [0.15, 0.2) is 30.3 Å². The van der Waals surface area contributed by atoms with E-state index in [2.05, 4.69) is 0 Å². The number of hydrogen-bond donors (Lipinski definition) is 0. The van der Waals surface area contributed by atoms with Gasteiger partial charge in [0, 0.05) is 6.54 Å². The number of amides is 1. The Balaban J connectivity index is 2.01. The Morgan fingerprint density at radius 2 is 2.00 bits per heavy atom. The summed E-state index contributed by atoms with van der Waals surface area (Å²) in [4.78, 5) is 12.8. The van der Waals surface area contributed by atoms with Gasteiger partial charge in [0.15, 0.2) is 6.30 Å². The van der Waals surface area contributed by atoms with Gasteiger partial charge < -0.3 is 4.90 Å². The molecular weight excluding hydrogens is 193 g/mol. The molecule has 1 aromatic rings. The molecule has 0 bridgehead atoms. The summed E-state index contributed by atoms with van der Waals surface area (Å²) in [6.45, 7) is 2.23. The van der Waals surface area contributed by atoms with Crippen LogP contribution in [0.3, 0.4) is 0 Å². The number of likely N-dealkylation sites (tertiary alicyclic amines) is 1. The number of β-lactam (4-membered cyclic amide) rings is 1. The van der Waals surface area contributed by atoms with Crippen LogP contribution in [0.2, 0.25) is 0 Å². The summed E-state index contributed by atoms with van der Waals surface area (Å²) in [5.41, 5.74) is 0.975. The molecule has 0 aromatic heterocycles. The first-order valence-corrected chi connectivity index (χ1v) is 5.22. The molecule has 1 aliphatic heterocycles. The number of carbonyl (C=O) groups excluding carboxylic acids is 1. The van der Waals surface area contributed by atoms with Gasteiger partial charge in [-0.15, -0.1) is 0 Å². The average Bonchev–Trinajstić information content (AvgIpc) is 2.28. The largest absolute Gasteiger partial charge is 0.307 e. The molecule has 2 nitrogen and oxygen atoms in total. The summed E-state index contributed by atoms with van der Waals surface area (Å²) in [5, 5.41) is 0. The normalized spacial score (nSPS) is 25.2. The standard InChI is InChI=1S/C12H14FNO/c1-2-10-11(13)14(12(10)15)8-9-6-4-3-5-7-9/h3-7,10-11H,2,8H2,1H3/t10-,11-/m1/s1. The summed E-state index contributed by atoms with van der Waals surface area (Å²) in [6.07, 6.45) is -0.506. The fourth-order valence-corrected chi connectivity index (χ4v) is 1.90. The van der Waals surface area contributed by atoms with Crippen molar-refractivity contribution >= 4 is 5.91 Å². The van der Waals surface area contributed by atoms with E-state index in [1.165, 1.54) is 4.90 Å². The fraction of sp³-hybridized carbons (Fsp3) is 0.417. The highest BCUT2D eigenvalue weighted by atomic mass is 19.1. The smallest absolute Gasteiger partial charge is 0.233 e. The van der Waals surface area contributed by atoms with Crippen LogP contribution in [0.4, 0.5) is 4.39 Å². The van der Waals surface area contributed by atoms with E-state index in [-0.39, 0.29) is 5.91 Å². The van der Waals surface area contributed by atoms with Gasteiger partial charge in [-0.1, -0.05) is 37.3 Å². The number of carbonyl (C=O) groups is 1. The van der Waals surface area contributed by atoms with Gasteiger partial charge in [0.2, 0.25) is 5.91 Å². The lowest BCUT2D eigenvalue weighted by Gasteiger charge is -2.41. The van der Waals surface area contributed by atoms with Gasteiger partial charge in [-0.2, -0.15) is 0 Å². The second-order valence-corrected chi connectivity index (χ2v) is 3.84. The molecule has 2 rings (SSSR count). The minimum atomic E-state index is -1.09. The monoisotopic (exact) mass is 207 g/mol. The Morgan fingerprint density at radius 3 is 2.53 bits per heavy atom. The van der Waals surface area contributed by atoms with Crippen molar-refractivity contribution in [1.82, 2.24) is 4.90 Å². The third-order valence-electron chi connectivity index (χ3n) is 2.87. The van der Waals surface area contributed by atoms with E-state index in [0.29, 0.717) is 13.0 Å². The van der Waals surface area contributed by atoms with Gasteiger partial charge in [-0.25, -0.2) is 4.39 Å². The van der Waals surface area contributed by atoms with Crippen molar-refractivity contribution in [2.75, 3.05) is 0 Å². The first-order valence-electron chi connectivity index (χ1n) is 5.22. The molecule has 3 heteroatoms. The SMILES string of the molecule is CC[C@H]1C(=O)N(Cc2ccccc2)[C@H]1F. The molecule has 0 unspecified atom stereocenters. The summed E-state index contributed by atoms with van der Waals surface area (Å²) < 4.78 is 13.5. The van der Waals surface area contributed by atoms with Crippen LogP contribution in [0, 0.1) is 5.92 Å². The topological polar surface area (TPSA) is 20.3 Å². The van der Waals surface area contributed by atoms with Crippen LogP contribution in [-0.4, -0.2) is 17.1 Å². The van der Waals surface area contributed by atoms with Crippen molar-refractivity contribution in [3.8, 4) is 0 Å². The maximum absolute atomic E-state index is 13.5. The number of benzene rings is 1. The van der Waals surface area contributed by atoms with Gasteiger partial charge in [-0.3, -0.25) is 4.79 Å². The maximum atomic E-state index is 13.5. The molecule has 1 fully saturated rings. The molecule has 0 N–H and O–H groups in total. The zero-order chi connectivity index (χ0) is 10.8. The zero-order valence-electron chi connectivity index (χ0n) is 8.69. The lowest BCUT2D eigenvalue weighted by Crippen LogP contribution is -2.57. The van der Waals surface area contributed by atoms with E-state index in [4.69, 9.17) is 0 Å². The third kappa shape index (κ3) is 1.74. The lowest BCUT2D eigenvalue weighted by atomic mass is 9.93. The Labute approximate surface area is 88.7 Å². The Hall–Kier alpha value is -1.38. The molecule has 0 radical (unpaired) electrons. The van der Waals surface area contributed by atoms with Crippen molar-refractivity contribution in [2.24, 2.45) is 5.92 Å². The fourth-order valence-electron chi connectivity index (χ4n) is 1.90. The highest BCUT2D eigenvalue weighted by molar-refractivity contribution is 5.85. The Morgan fingerprint density at radius 1 is 1.33 bits per heavy atom. The summed E-state index contributed by atoms with van der Waals surface area (Å²) in [5.74, 6) is -0.470. The van der Waals surface area contributed by atoms with Crippen LogP contribution in [0.25, 0.3) is 0 Å². The van der Waals surface area contributed by atoms with E-state index < -0.39 is 12.2 Å². The van der Waals surface area contributed by atoms with Crippen molar-refractivity contribution < 1.29 is 9.18 Å². The Bertz CT molecular complexity index is 352. The van der Waals surface area contributed by atoms with Crippen molar-refractivity contribution in [3.63, 3.8) is 0 Å². The highest BCUT2D eigenvalue weighted by Gasteiger charge is 2.46. The first kappa shape index (κ1) is 10.1. The minimum absolute atomic E-state index is 0.0612. The molecule has 1 saturated heterocycles. The van der Waals surface area contributed by atoms with Crippen molar-refractivity contribution in [1.29, 1.82) is 0 Å². The lowest BCUT2D eigenvalue weighted by molar-refractivity contribution is -0.170. The molecule has 0 aliphatic carbocycles. The van der Waals surface area contributed by atoms with E-state index >= 15 is 0 Å². The summed E-state index contributed by atoms with van der Waals surface area (Å²) in [6, 6.07) is 9.50. The quantitative estimate of drug-likeness (QED) is 0.550. The third-order valence-corrected chi connectivity index (χ3v) is 2.87. The van der Waals surface area contributed by atoms with Crippen molar-refractivity contribution in [2.45, 2.75) is 26.2 Å². The molecule has 1 aliphatic rings. The molecule has 2 atom stereocenters. The molecule has 0 spiro atoms. The molecule has 1 amide bonds. The van der Waals surface area contributed by atoms with E-state index in [1.807, 2.05) is 37.3 Å². The highest BCUT2D eigenvalue weighted by Crippen LogP contribution is 2.31. The molecular formula is C12H14FNO. The predicted octanol–water partition coefficient (Wildman–Crippen LogP) is 2.35. The maximum Gasteiger partial charge on any atom is 0.233 e. The molecule has 0 saturated carbocycles. The van der Waals surface area contributed by atoms with Gasteiger partial charge in [0.25, 0.3) is 0 Å². The second-order valence-electron chi connectivity index (χ2n) is 3.84. The number of rotatable bonds is 3. The average molecular weight is 207 g/mol. The van der Waals surface area contributed by atoms with E-state index in [9.17, 15) is 9.18 Å². The zero-order valence-corrected chi connectivity index (χ0v) is 8.69. The predicted molar refractivity (Wildman–Crippen MR) is 55.7 cm³/mol. The first-order chi connectivity index (χ1) is 7.24. The molecule has 80 valence electrons. The summed E-state index contributed by atoms with van der Waals surface area (Å²) in [7, 11) is 0. The van der Waals surface area contributed by atoms with Crippen LogP contribution in [0.1, 0.15) is 18.9 Å². The minimum Gasteiger partial charge on any atom is -0.307 e. The van der Waals surface area contributed by atoms with Crippen molar-refractivity contribution in [3.05, 3.63) is 35.9 Å². The van der Waals surface area contributed by atoms with Crippen LogP contribution in [-0.2, 0) is 11.3 Å². The van der Waals surface area contributed by atoms with Gasteiger partial charge >= 0.3 is 0 Å². The molecule has 15 heavy (non-hydrogen) atoms. The van der Waals surface area contributed by atoms with Crippen LogP contribution >= 0.6 is 0 Å². The number of nitrogens with zero attached hydrogens (tertiary/aromatic N) is 1. The number of hydrogen-bond acceptors (Lipinski definition) is 1. The van der Waals surface area contributed by atoms with E-state index in [1.54, 1.807) is 0 Å². The second kappa shape index (κ2) is 4.01.